The Kier molecular flexibility index (Phi) is 5.52. The summed E-state index contributed by atoms with van der Waals surface area (Å²) in [6.07, 6.45) is 2.63. The molecule has 1 fully saturated rings. The predicted octanol–water partition coefficient (Wildman–Crippen LogP) is 3.73. The van der Waals surface area contributed by atoms with Gasteiger partial charge < -0.3 is 10.2 Å². The summed E-state index contributed by atoms with van der Waals surface area (Å²) in [6.45, 7) is 8.87. The summed E-state index contributed by atoms with van der Waals surface area (Å²) in [6, 6.07) is 9.54. The monoisotopic (exact) mass is 399 g/mol. The van der Waals surface area contributed by atoms with E-state index in [9.17, 15) is 0 Å². The van der Waals surface area contributed by atoms with Crippen molar-refractivity contribution in [3.05, 3.63) is 35.4 Å². The number of hydrogen-bond acceptors (Lipinski definition) is 3. The zero-order valence-corrected chi connectivity index (χ0v) is 15.5. The number of benzene rings is 1. The lowest BCUT2D eigenvalue weighted by molar-refractivity contribution is 0.210. The van der Waals surface area contributed by atoms with E-state index in [1.807, 2.05) is 0 Å². The Morgan fingerprint density at radius 2 is 2.05 bits per heavy atom. The van der Waals surface area contributed by atoms with E-state index in [1.165, 1.54) is 24.0 Å². The molecule has 0 bridgehead atoms. The van der Waals surface area contributed by atoms with Crippen molar-refractivity contribution >= 4 is 29.9 Å². The molecule has 0 amide bonds. The van der Waals surface area contributed by atoms with Crippen LogP contribution in [0.4, 0.5) is 0 Å². The van der Waals surface area contributed by atoms with Crippen molar-refractivity contribution < 1.29 is 0 Å². The van der Waals surface area contributed by atoms with E-state index in [0.29, 0.717) is 12.1 Å². The second-order valence-electron chi connectivity index (χ2n) is 6.38. The summed E-state index contributed by atoms with van der Waals surface area (Å²) in [5, 5.41) is 3.63. The molecule has 3 rings (SSSR count). The van der Waals surface area contributed by atoms with Crippen LogP contribution < -0.4 is 5.32 Å². The smallest absolute Gasteiger partial charge is 0.194 e. The van der Waals surface area contributed by atoms with Gasteiger partial charge in [0.25, 0.3) is 0 Å². The number of halogens is 1. The molecule has 21 heavy (non-hydrogen) atoms. The van der Waals surface area contributed by atoms with Crippen molar-refractivity contribution in [2.24, 2.45) is 10.9 Å². The maximum absolute atomic E-state index is 4.74. The zero-order valence-electron chi connectivity index (χ0n) is 13.2. The Bertz CT molecular complexity index is 515. The normalized spacial score (nSPS) is 25.7. The fourth-order valence-corrected chi connectivity index (χ4v) is 3.41. The molecule has 0 aliphatic carbocycles. The quantitative estimate of drug-likeness (QED) is 0.768. The minimum atomic E-state index is 0. The molecule has 0 radical (unpaired) electrons. The van der Waals surface area contributed by atoms with Gasteiger partial charge in [-0.3, -0.25) is 4.99 Å². The third-order valence-electron chi connectivity index (χ3n) is 4.67. The van der Waals surface area contributed by atoms with Gasteiger partial charge in [-0.2, -0.15) is 0 Å². The maximum Gasteiger partial charge on any atom is 0.194 e. The summed E-state index contributed by atoms with van der Waals surface area (Å²) < 4.78 is 0. The zero-order chi connectivity index (χ0) is 14.1. The van der Waals surface area contributed by atoms with Crippen molar-refractivity contribution in [1.82, 2.24) is 10.2 Å². The van der Waals surface area contributed by atoms with Gasteiger partial charge in [0.05, 0.1) is 18.6 Å². The van der Waals surface area contributed by atoms with Gasteiger partial charge in [0.1, 0.15) is 0 Å². The number of guanidine groups is 1. The lowest BCUT2D eigenvalue weighted by atomic mass is 9.95. The van der Waals surface area contributed by atoms with E-state index >= 15 is 0 Å². The molecule has 116 valence electrons. The highest BCUT2D eigenvalue weighted by atomic mass is 127. The van der Waals surface area contributed by atoms with Crippen LogP contribution in [-0.2, 0) is 0 Å². The maximum atomic E-state index is 4.74. The fourth-order valence-electron chi connectivity index (χ4n) is 3.41. The molecular formula is C17H26IN3. The van der Waals surface area contributed by atoms with Gasteiger partial charge >= 0.3 is 0 Å². The van der Waals surface area contributed by atoms with Crippen LogP contribution in [-0.4, -0.2) is 30.0 Å². The largest absolute Gasteiger partial charge is 0.350 e. The van der Waals surface area contributed by atoms with E-state index in [0.717, 1.165) is 25.0 Å². The molecule has 3 nitrogen and oxygen atoms in total. The van der Waals surface area contributed by atoms with Crippen LogP contribution in [0.15, 0.2) is 29.3 Å². The second-order valence-corrected chi connectivity index (χ2v) is 6.38. The van der Waals surface area contributed by atoms with Crippen molar-refractivity contribution in [2.75, 3.05) is 13.1 Å². The van der Waals surface area contributed by atoms with Crippen molar-refractivity contribution in [3.8, 4) is 0 Å². The molecule has 2 aliphatic rings. The molecular weight excluding hydrogens is 373 g/mol. The van der Waals surface area contributed by atoms with Crippen LogP contribution in [0, 0.1) is 12.8 Å². The molecule has 1 aromatic rings. The number of fused-ring (bicyclic) bond motifs is 1. The molecule has 0 spiro atoms. The third kappa shape index (κ3) is 3.52. The lowest BCUT2D eigenvalue weighted by Crippen LogP contribution is -2.48. The number of nitrogens with zero attached hydrogens (tertiary/aromatic N) is 2. The first-order valence-corrected chi connectivity index (χ1v) is 7.78. The molecule has 1 aromatic carbocycles. The SMILES string of the molecule is Cc1ccccc1[C@@H](C)NC1=NCC2CCC(C)CN12.I. The van der Waals surface area contributed by atoms with Crippen LogP contribution in [0.5, 0.6) is 0 Å². The Labute approximate surface area is 145 Å². The standard InChI is InChI=1S/C17H25N3.HI/c1-12-8-9-15-10-18-17(20(15)11-12)19-14(3)16-7-5-4-6-13(16)2;/h4-7,12,14-15H,8-11H2,1-3H3,(H,18,19);1H/t12?,14-,15?;/m1./s1. The molecule has 2 heterocycles. The first-order valence-electron chi connectivity index (χ1n) is 7.78. The summed E-state index contributed by atoms with van der Waals surface area (Å²) in [7, 11) is 0. The van der Waals surface area contributed by atoms with Crippen LogP contribution in [0.2, 0.25) is 0 Å². The fraction of sp³-hybridized carbons (Fsp3) is 0.588. The van der Waals surface area contributed by atoms with E-state index < -0.39 is 0 Å². The molecule has 0 saturated carbocycles. The van der Waals surface area contributed by atoms with Crippen LogP contribution in [0.1, 0.15) is 43.9 Å². The Morgan fingerprint density at radius 3 is 2.81 bits per heavy atom. The first kappa shape index (κ1) is 16.6. The second kappa shape index (κ2) is 6.99. The van der Waals surface area contributed by atoms with Crippen LogP contribution >= 0.6 is 24.0 Å². The Balaban J connectivity index is 0.00000161. The van der Waals surface area contributed by atoms with Crippen molar-refractivity contribution in [3.63, 3.8) is 0 Å². The highest BCUT2D eigenvalue weighted by Crippen LogP contribution is 2.26. The third-order valence-corrected chi connectivity index (χ3v) is 4.67. The van der Waals surface area contributed by atoms with Crippen LogP contribution in [0.3, 0.4) is 0 Å². The molecule has 1 N–H and O–H groups in total. The number of hydrogen-bond donors (Lipinski definition) is 1. The lowest BCUT2D eigenvalue weighted by Gasteiger charge is -2.36. The summed E-state index contributed by atoms with van der Waals surface area (Å²) in [5.41, 5.74) is 2.71. The van der Waals surface area contributed by atoms with Gasteiger partial charge in [0.2, 0.25) is 0 Å². The van der Waals surface area contributed by atoms with E-state index in [4.69, 9.17) is 4.99 Å². The Morgan fingerprint density at radius 1 is 1.29 bits per heavy atom. The molecule has 3 atom stereocenters. The summed E-state index contributed by atoms with van der Waals surface area (Å²) in [5.74, 6) is 1.89. The van der Waals surface area contributed by atoms with E-state index in [-0.39, 0.29) is 24.0 Å². The number of nitrogens with one attached hydrogen (secondary N) is 1. The first-order chi connectivity index (χ1) is 9.65. The van der Waals surface area contributed by atoms with Gasteiger partial charge in [-0.25, -0.2) is 0 Å². The number of rotatable bonds is 2. The highest BCUT2D eigenvalue weighted by molar-refractivity contribution is 14.0. The summed E-state index contributed by atoms with van der Waals surface area (Å²) >= 11 is 0. The van der Waals surface area contributed by atoms with Crippen molar-refractivity contribution in [1.29, 1.82) is 0 Å². The predicted molar refractivity (Wildman–Crippen MR) is 99.3 cm³/mol. The summed E-state index contributed by atoms with van der Waals surface area (Å²) in [4.78, 5) is 7.23. The topological polar surface area (TPSA) is 27.6 Å². The molecule has 2 unspecified atom stereocenters. The highest BCUT2D eigenvalue weighted by Gasteiger charge is 2.33. The van der Waals surface area contributed by atoms with Gasteiger partial charge in [0.15, 0.2) is 5.96 Å². The molecule has 1 saturated heterocycles. The van der Waals surface area contributed by atoms with E-state index in [1.54, 1.807) is 0 Å². The van der Waals surface area contributed by atoms with E-state index in [2.05, 4.69) is 55.3 Å². The van der Waals surface area contributed by atoms with Gasteiger partial charge in [-0.15, -0.1) is 24.0 Å². The average molecular weight is 399 g/mol. The number of aryl methyl sites for hydroxylation is 1. The molecule has 0 aromatic heterocycles. The molecule has 2 aliphatic heterocycles. The van der Waals surface area contributed by atoms with Gasteiger partial charge in [-0.05, 0) is 43.7 Å². The van der Waals surface area contributed by atoms with Gasteiger partial charge in [0, 0.05) is 6.54 Å². The van der Waals surface area contributed by atoms with Crippen molar-refractivity contribution in [2.45, 2.75) is 45.7 Å². The van der Waals surface area contributed by atoms with Crippen LogP contribution in [0.25, 0.3) is 0 Å². The number of piperidine rings is 1. The molecule has 4 heteroatoms. The minimum absolute atomic E-state index is 0. The van der Waals surface area contributed by atoms with Gasteiger partial charge in [-0.1, -0.05) is 31.2 Å². The average Bonchev–Trinajstić information content (AvgIpc) is 2.82. The number of aliphatic imine (C=N–C) groups is 1. The Hall–Kier alpha value is -0.780. The minimum Gasteiger partial charge on any atom is -0.350 e.